The molecular weight excluding hydrogens is 757 g/mol. The third-order valence-corrected chi connectivity index (χ3v) is 11.7. The zero-order valence-electron chi connectivity index (χ0n) is 31.0. The van der Waals surface area contributed by atoms with Crippen LogP contribution in [0.3, 0.4) is 0 Å². The number of pyridine rings is 1. The van der Waals surface area contributed by atoms with Gasteiger partial charge in [0, 0.05) is 64.0 Å². The normalized spacial score (nSPS) is 21.3. The second-order valence-electron chi connectivity index (χ2n) is 15.0. The smallest absolute Gasteiger partial charge is 0.329 e. The molecule has 0 spiro atoms. The van der Waals surface area contributed by atoms with E-state index in [4.69, 9.17) is 26.7 Å². The number of imide groups is 1. The van der Waals surface area contributed by atoms with Gasteiger partial charge in [-0.2, -0.15) is 10.4 Å². The number of hydrogen-bond acceptors (Lipinski definition) is 11. The number of nitriles is 1. The molecule has 4 aromatic rings. The Hall–Kier alpha value is -5.04. The van der Waals surface area contributed by atoms with E-state index in [1.165, 1.54) is 4.90 Å². The molecule has 8 rings (SSSR count). The molecule has 0 unspecified atom stereocenters. The number of urea groups is 1. The van der Waals surface area contributed by atoms with Crippen LogP contribution >= 0.6 is 24.0 Å². The summed E-state index contributed by atoms with van der Waals surface area (Å²) in [6.07, 6.45) is 14.4. The molecule has 0 radical (unpaired) electrons. The van der Waals surface area contributed by atoms with Crippen LogP contribution in [0.25, 0.3) is 10.9 Å². The van der Waals surface area contributed by atoms with E-state index < -0.39 is 6.03 Å². The lowest BCUT2D eigenvalue weighted by Crippen LogP contribution is -2.49. The summed E-state index contributed by atoms with van der Waals surface area (Å²) in [5.41, 5.74) is 1.70. The topological polar surface area (TPSA) is 174 Å². The van der Waals surface area contributed by atoms with E-state index in [1.54, 1.807) is 43.0 Å². The lowest BCUT2D eigenvalue weighted by molar-refractivity contribution is -0.120. The maximum atomic E-state index is 13.0. The molecule has 4 fully saturated rings. The number of aromatic nitrogens is 5. The van der Waals surface area contributed by atoms with Crippen LogP contribution in [-0.4, -0.2) is 98.9 Å². The number of rotatable bonds is 9. The van der Waals surface area contributed by atoms with Gasteiger partial charge in [-0.15, -0.1) is 12.4 Å². The van der Waals surface area contributed by atoms with Gasteiger partial charge in [-0.1, -0.05) is 11.6 Å². The summed E-state index contributed by atoms with van der Waals surface area (Å²) in [5.74, 6) is 2.12. The van der Waals surface area contributed by atoms with Gasteiger partial charge in [0.05, 0.1) is 52.2 Å². The molecule has 6 heterocycles. The quantitative estimate of drug-likeness (QED) is 0.225. The summed E-state index contributed by atoms with van der Waals surface area (Å²) >= 11 is 6.15. The number of benzene rings is 1. The van der Waals surface area contributed by atoms with Crippen LogP contribution in [0.5, 0.6) is 5.75 Å². The molecule has 0 atom stereocenters. The summed E-state index contributed by atoms with van der Waals surface area (Å²) in [5, 5.41) is 20.5. The van der Waals surface area contributed by atoms with E-state index in [0.717, 1.165) is 101 Å². The monoisotopic (exact) mass is 801 g/mol. The summed E-state index contributed by atoms with van der Waals surface area (Å²) < 4.78 is 8.16. The third-order valence-electron chi connectivity index (χ3n) is 11.4. The summed E-state index contributed by atoms with van der Waals surface area (Å²) in [6.45, 7) is 5.18. The van der Waals surface area contributed by atoms with Gasteiger partial charge in [0.15, 0.2) is 0 Å². The number of nitrogens with zero attached hydrogens (tertiary/aromatic N) is 9. The van der Waals surface area contributed by atoms with Crippen molar-refractivity contribution in [2.24, 2.45) is 5.92 Å². The SMILES string of the molecule is Cl.N#Cc1ccc(OC2CCC(NC(=O)c3cnc(N4CCC(CN5CCC(n6ncc7c(N8CCC(=O)NC8=O)nccc76)CC5)CC4)cn3)CC2)cc1Cl. The molecule has 56 heavy (non-hydrogen) atoms. The van der Waals surface area contributed by atoms with Crippen molar-refractivity contribution in [2.45, 2.75) is 76.0 Å². The minimum atomic E-state index is -0.444. The van der Waals surface area contributed by atoms with E-state index in [1.807, 2.05) is 6.07 Å². The number of likely N-dealkylation sites (tertiary alicyclic amines) is 1. The molecule has 294 valence electrons. The maximum absolute atomic E-state index is 13.0. The van der Waals surface area contributed by atoms with Crippen molar-refractivity contribution in [3.05, 3.63) is 65.3 Å². The first kappa shape index (κ1) is 39.2. The second-order valence-corrected chi connectivity index (χ2v) is 15.4. The van der Waals surface area contributed by atoms with Crippen molar-refractivity contribution in [2.75, 3.05) is 49.1 Å². The largest absolute Gasteiger partial charge is 0.490 e. The Balaban J connectivity index is 0.00000480. The Labute approximate surface area is 336 Å². The number of ether oxygens (including phenoxy) is 1. The predicted molar refractivity (Wildman–Crippen MR) is 212 cm³/mol. The molecule has 1 aliphatic carbocycles. The van der Waals surface area contributed by atoms with Crippen LogP contribution in [-0.2, 0) is 4.79 Å². The summed E-state index contributed by atoms with van der Waals surface area (Å²) in [6, 6.07) is 8.99. The standard InChI is InChI=1S/C39H44ClN11O4.ClH/c40-32-19-30(4-1-26(32)20-41)55-29-5-2-27(3-6-29)46-38(53)33-22-44-35(23-43-33)49-16-8-25(9-17-49)24-48-14-10-28(11-15-48)51-34-7-13-42-37(31(34)21-45-51)50-18-12-36(52)47-39(50)54;/h1,4,7,13,19,21-23,25,27-29H,2-3,5-6,8-12,14-18,24H2,(H,46,53)(H,47,52,54);1H. The molecule has 3 aliphatic heterocycles. The van der Waals surface area contributed by atoms with Crippen LogP contribution in [0, 0.1) is 17.2 Å². The number of hydrogen-bond donors (Lipinski definition) is 2. The lowest BCUT2D eigenvalue weighted by atomic mass is 9.93. The van der Waals surface area contributed by atoms with E-state index in [-0.39, 0.29) is 48.8 Å². The van der Waals surface area contributed by atoms with Gasteiger partial charge in [-0.3, -0.25) is 24.5 Å². The molecule has 2 N–H and O–H groups in total. The molecule has 1 saturated carbocycles. The average molecular weight is 803 g/mol. The highest BCUT2D eigenvalue weighted by Gasteiger charge is 2.30. The van der Waals surface area contributed by atoms with Crippen LogP contribution < -0.4 is 25.2 Å². The van der Waals surface area contributed by atoms with Crippen LogP contribution in [0.4, 0.5) is 16.4 Å². The van der Waals surface area contributed by atoms with Crippen molar-refractivity contribution < 1.29 is 19.1 Å². The van der Waals surface area contributed by atoms with Crippen molar-refractivity contribution in [3.8, 4) is 11.8 Å². The first-order valence-corrected chi connectivity index (χ1v) is 19.6. The number of nitrogens with one attached hydrogen (secondary N) is 2. The van der Waals surface area contributed by atoms with E-state index in [0.29, 0.717) is 40.3 Å². The Bertz CT molecular complexity index is 2080. The number of halogens is 2. The number of carbonyl (C=O) groups excluding carboxylic acids is 3. The molecule has 15 nitrogen and oxygen atoms in total. The van der Waals surface area contributed by atoms with Gasteiger partial charge in [-0.05, 0) is 75.5 Å². The highest BCUT2D eigenvalue weighted by molar-refractivity contribution is 6.31. The molecule has 17 heteroatoms. The molecule has 1 aromatic carbocycles. The Morgan fingerprint density at radius 3 is 2.43 bits per heavy atom. The Morgan fingerprint density at radius 1 is 0.946 bits per heavy atom. The molecule has 4 aliphatic rings. The minimum absolute atomic E-state index is 0. The van der Waals surface area contributed by atoms with Crippen molar-refractivity contribution in [1.82, 2.24) is 40.3 Å². The summed E-state index contributed by atoms with van der Waals surface area (Å²) in [7, 11) is 0. The zero-order chi connectivity index (χ0) is 37.9. The molecule has 3 saturated heterocycles. The first-order valence-electron chi connectivity index (χ1n) is 19.2. The van der Waals surface area contributed by atoms with Crippen LogP contribution in [0.1, 0.15) is 79.9 Å². The number of piperidine rings is 2. The van der Waals surface area contributed by atoms with Crippen molar-refractivity contribution >= 4 is 64.4 Å². The fourth-order valence-electron chi connectivity index (χ4n) is 8.33. The highest BCUT2D eigenvalue weighted by atomic mass is 35.5. The van der Waals surface area contributed by atoms with E-state index >= 15 is 0 Å². The van der Waals surface area contributed by atoms with Gasteiger partial charge in [0.2, 0.25) is 5.91 Å². The van der Waals surface area contributed by atoms with E-state index in [2.05, 4.69) is 46.1 Å². The molecule has 0 bridgehead atoms. The number of anilines is 2. The average Bonchev–Trinajstić information content (AvgIpc) is 3.64. The number of fused-ring (bicyclic) bond motifs is 1. The van der Waals surface area contributed by atoms with Gasteiger partial charge in [0.1, 0.15) is 29.1 Å². The van der Waals surface area contributed by atoms with Gasteiger partial charge in [0.25, 0.3) is 5.91 Å². The van der Waals surface area contributed by atoms with Crippen molar-refractivity contribution in [1.29, 1.82) is 5.26 Å². The third kappa shape index (κ3) is 8.67. The number of amides is 4. The number of carbonyl (C=O) groups is 3. The van der Waals surface area contributed by atoms with Crippen LogP contribution in [0.15, 0.2) is 49.1 Å². The van der Waals surface area contributed by atoms with Crippen molar-refractivity contribution in [3.63, 3.8) is 0 Å². The first-order chi connectivity index (χ1) is 26.8. The molecule has 4 amide bonds. The Kier molecular flexibility index (Phi) is 12.2. The molecular formula is C39H45Cl2N11O4. The minimum Gasteiger partial charge on any atom is -0.490 e. The van der Waals surface area contributed by atoms with Crippen LogP contribution in [0.2, 0.25) is 5.02 Å². The zero-order valence-corrected chi connectivity index (χ0v) is 32.6. The van der Waals surface area contributed by atoms with Gasteiger partial charge < -0.3 is 19.9 Å². The maximum Gasteiger partial charge on any atom is 0.329 e. The predicted octanol–water partition coefficient (Wildman–Crippen LogP) is 5.29. The fraction of sp³-hybridized carbons (Fsp3) is 0.487. The fourth-order valence-corrected chi connectivity index (χ4v) is 8.54. The van der Waals surface area contributed by atoms with Gasteiger partial charge >= 0.3 is 6.03 Å². The van der Waals surface area contributed by atoms with E-state index in [9.17, 15) is 14.4 Å². The lowest BCUT2D eigenvalue weighted by Gasteiger charge is -2.38. The van der Waals surface area contributed by atoms with Gasteiger partial charge in [-0.25, -0.2) is 19.7 Å². The Morgan fingerprint density at radius 2 is 1.73 bits per heavy atom. The summed E-state index contributed by atoms with van der Waals surface area (Å²) in [4.78, 5) is 57.1. The highest BCUT2D eigenvalue weighted by Crippen LogP contribution is 2.32. The molecule has 3 aromatic heterocycles. The second kappa shape index (κ2) is 17.4.